The Hall–Kier alpha value is -5.09. The fourth-order valence-electron chi connectivity index (χ4n) is 9.04. The molecule has 12 nitrogen and oxygen atoms in total. The van der Waals surface area contributed by atoms with Crippen LogP contribution in [0.15, 0.2) is 18.2 Å². The van der Waals surface area contributed by atoms with Gasteiger partial charge in [0.25, 0.3) is 0 Å². The maximum Gasteiger partial charge on any atom is 0.417 e. The summed E-state index contributed by atoms with van der Waals surface area (Å²) in [4.78, 5) is 40.3. The molecule has 62 heavy (non-hydrogen) atoms. The highest BCUT2D eigenvalue weighted by molar-refractivity contribution is 7.23. The number of nitrogens with zero attached hydrogens (tertiary/aromatic N) is 6. The van der Waals surface area contributed by atoms with Gasteiger partial charge in [-0.05, 0) is 98.9 Å². The number of amides is 2. The van der Waals surface area contributed by atoms with Crippen LogP contribution in [-0.4, -0.2) is 99.7 Å². The van der Waals surface area contributed by atoms with E-state index in [4.69, 9.17) is 14.2 Å². The molecule has 4 atom stereocenters. The number of rotatable bonds is 8. The van der Waals surface area contributed by atoms with Gasteiger partial charge in [0.05, 0.1) is 33.4 Å². The first-order chi connectivity index (χ1) is 28.9. The second-order valence-electron chi connectivity index (χ2n) is 18.1. The highest BCUT2D eigenvalue weighted by Gasteiger charge is 2.50. The molecule has 3 fully saturated rings. The van der Waals surface area contributed by atoms with Crippen LogP contribution in [0.2, 0.25) is 0 Å². The van der Waals surface area contributed by atoms with Crippen molar-refractivity contribution < 1.29 is 50.1 Å². The number of thiophene rings is 1. The molecule has 2 aromatic heterocycles. The molecule has 19 heteroatoms. The Morgan fingerprint density at radius 2 is 1.79 bits per heavy atom. The Morgan fingerprint density at radius 3 is 2.44 bits per heavy atom. The van der Waals surface area contributed by atoms with E-state index >= 15 is 22.0 Å². The summed E-state index contributed by atoms with van der Waals surface area (Å²) in [7, 11) is 0. The van der Waals surface area contributed by atoms with Crippen LogP contribution in [-0.2, 0) is 15.7 Å². The molecule has 1 N–H and O–H groups in total. The average Bonchev–Trinajstić information content (AvgIpc) is 3.91. The number of hydrogen-bond acceptors (Lipinski definition) is 11. The number of likely N-dealkylation sites (tertiary alicyclic amines) is 1. The highest BCUT2D eigenvalue weighted by atomic mass is 32.1. The number of carbonyl (C=O) groups is 2. The summed E-state index contributed by atoms with van der Waals surface area (Å²) in [5, 5.41) is 11.8. The number of nitriles is 1. The van der Waals surface area contributed by atoms with Crippen molar-refractivity contribution in [3.63, 3.8) is 0 Å². The zero-order valence-electron chi connectivity index (χ0n) is 35.7. The first-order valence-corrected chi connectivity index (χ1v) is 21.3. The molecule has 5 heterocycles. The van der Waals surface area contributed by atoms with E-state index in [1.807, 2.05) is 11.0 Å². The highest BCUT2D eigenvalue weighted by Crippen LogP contribution is 2.49. The van der Waals surface area contributed by atoms with Gasteiger partial charge in [0.1, 0.15) is 52.2 Å². The Kier molecular flexibility index (Phi) is 11.8. The smallest absolute Gasteiger partial charge is 0.417 e. The molecule has 2 amide bonds. The van der Waals surface area contributed by atoms with E-state index in [1.54, 1.807) is 60.3 Å². The van der Waals surface area contributed by atoms with E-state index in [0.717, 1.165) is 24.6 Å². The molecule has 0 unspecified atom stereocenters. The van der Waals surface area contributed by atoms with Crippen molar-refractivity contribution in [3.05, 3.63) is 41.0 Å². The Balaban J connectivity index is 1.43. The molecule has 0 saturated carbocycles. The van der Waals surface area contributed by atoms with Gasteiger partial charge in [-0.3, -0.25) is 10.2 Å². The first kappa shape index (κ1) is 44.9. The third-order valence-corrected chi connectivity index (χ3v) is 12.7. The summed E-state index contributed by atoms with van der Waals surface area (Å²) in [5.41, 5.74) is -6.37. The monoisotopic (exact) mass is 889 g/mol. The van der Waals surface area contributed by atoms with Crippen LogP contribution >= 0.6 is 11.3 Å². The van der Waals surface area contributed by atoms with Crippen LogP contribution in [0.25, 0.3) is 32.1 Å². The molecule has 4 aromatic rings. The molecule has 3 saturated heterocycles. The number of benzene rings is 2. The van der Waals surface area contributed by atoms with Gasteiger partial charge < -0.3 is 24.0 Å². The average molecular weight is 890 g/mol. The van der Waals surface area contributed by atoms with E-state index in [1.165, 1.54) is 4.90 Å². The SMILES string of the molecule is CCN(c1nc(OC[C@@]23CCCN2C[C@H](F)C3)nc2c(F)c(-c3ccc(F)c4sc(NC(=O)OC(C)(C)C)c(C#N)c34)c(C(F)(F)F)cc12)[C@@H]1CCN(C(=O)OC(C)(C)C)[C@@H]1C. The summed E-state index contributed by atoms with van der Waals surface area (Å²) < 4.78 is 111. The van der Waals surface area contributed by atoms with Gasteiger partial charge in [0, 0.05) is 42.4 Å². The molecule has 3 aliphatic heterocycles. The van der Waals surface area contributed by atoms with Crippen LogP contribution in [0.3, 0.4) is 0 Å². The number of hydrogen-bond donors (Lipinski definition) is 1. The number of likely N-dealkylation sites (N-methyl/N-ethyl adjacent to an activating group) is 1. The second kappa shape index (κ2) is 16.2. The Morgan fingerprint density at radius 1 is 1.08 bits per heavy atom. The number of nitrogens with one attached hydrogen (secondary N) is 1. The topological polar surface area (TPSA) is 133 Å². The number of alkyl halides is 4. The summed E-state index contributed by atoms with van der Waals surface area (Å²) in [6.45, 7) is 14.7. The third-order valence-electron chi connectivity index (χ3n) is 11.6. The zero-order chi connectivity index (χ0) is 45.3. The number of anilines is 2. The third kappa shape index (κ3) is 8.51. The predicted octanol–water partition coefficient (Wildman–Crippen LogP) is 10.2. The van der Waals surface area contributed by atoms with Gasteiger partial charge in [-0.1, -0.05) is 6.07 Å². The van der Waals surface area contributed by atoms with E-state index < -0.39 is 92.8 Å². The normalized spacial score (nSPS) is 22.0. The van der Waals surface area contributed by atoms with E-state index in [0.29, 0.717) is 30.7 Å². The number of aromatic nitrogens is 2. The van der Waals surface area contributed by atoms with Gasteiger partial charge in [0.15, 0.2) is 5.82 Å². The predicted molar refractivity (Wildman–Crippen MR) is 222 cm³/mol. The van der Waals surface area contributed by atoms with Crippen molar-refractivity contribution in [3.8, 4) is 23.2 Å². The van der Waals surface area contributed by atoms with Gasteiger partial charge >= 0.3 is 24.4 Å². The van der Waals surface area contributed by atoms with Gasteiger partial charge in [0.2, 0.25) is 0 Å². The molecular weight excluding hydrogens is 841 g/mol. The summed E-state index contributed by atoms with van der Waals surface area (Å²) in [6, 6.07) is 2.97. The maximum atomic E-state index is 17.7. The van der Waals surface area contributed by atoms with Crippen molar-refractivity contribution >= 4 is 55.3 Å². The molecule has 7 rings (SSSR count). The second-order valence-corrected chi connectivity index (χ2v) is 19.1. The lowest BCUT2D eigenvalue weighted by molar-refractivity contribution is -0.137. The van der Waals surface area contributed by atoms with Crippen molar-refractivity contribution in [1.82, 2.24) is 19.8 Å². The first-order valence-electron chi connectivity index (χ1n) is 20.5. The fourth-order valence-corrected chi connectivity index (χ4v) is 10.1. The van der Waals surface area contributed by atoms with Gasteiger partial charge in [-0.25, -0.2) is 22.8 Å². The molecule has 0 bridgehead atoms. The van der Waals surface area contributed by atoms with E-state index in [-0.39, 0.29) is 65.0 Å². The number of carbonyl (C=O) groups excluding carboxylic acids is 2. The number of fused-ring (bicyclic) bond motifs is 3. The van der Waals surface area contributed by atoms with Crippen molar-refractivity contribution in [2.24, 2.45) is 0 Å². The van der Waals surface area contributed by atoms with Crippen LogP contribution in [0.1, 0.15) is 92.2 Å². The summed E-state index contributed by atoms with van der Waals surface area (Å²) >= 11 is 0.585. The van der Waals surface area contributed by atoms with Gasteiger partial charge in [-0.2, -0.15) is 28.4 Å². The quantitative estimate of drug-likeness (QED) is 0.171. The summed E-state index contributed by atoms with van der Waals surface area (Å²) in [5.74, 6) is -2.47. The maximum absolute atomic E-state index is 17.7. The van der Waals surface area contributed by atoms with E-state index in [2.05, 4.69) is 15.3 Å². The van der Waals surface area contributed by atoms with Crippen LogP contribution in [0.5, 0.6) is 6.01 Å². The molecule has 0 aliphatic carbocycles. The molecule has 2 aromatic carbocycles. The minimum atomic E-state index is -5.22. The summed E-state index contributed by atoms with van der Waals surface area (Å²) in [6.07, 6.45) is -5.92. The zero-order valence-corrected chi connectivity index (χ0v) is 36.5. The van der Waals surface area contributed by atoms with Crippen molar-refractivity contribution in [2.45, 2.75) is 122 Å². The van der Waals surface area contributed by atoms with Crippen molar-refractivity contribution in [2.75, 3.05) is 43.0 Å². The Labute approximate surface area is 359 Å². The molecular formula is C43H49F6N7O5S. The lowest BCUT2D eigenvalue weighted by atomic mass is 9.92. The molecule has 0 spiro atoms. The van der Waals surface area contributed by atoms with Crippen LogP contribution in [0, 0.1) is 23.0 Å². The Bertz CT molecular complexity index is 2460. The molecule has 3 aliphatic rings. The standard InChI is InChI=1S/C43H49F6N7O5S/c1-9-55(29-13-16-56(22(29)2)39(58)61-41(6,7)8)35-25-17-27(43(47,48)49)31(32(46)33(25)51-37(52-35)59-21-42-14-10-15-54(42)20-23(44)18-42)24-11-12-28(45)34-30(24)26(19-50)36(62-34)53-38(57)60-40(3,4)5/h11-12,17,22-23,29H,9-10,13-16,18,20-21H2,1-8H3,(H,53,57)/t22-,23-,29-,42+/m1/s1. The molecule has 0 radical (unpaired) electrons. The van der Waals surface area contributed by atoms with E-state index in [9.17, 15) is 19.2 Å². The lowest BCUT2D eigenvalue weighted by Gasteiger charge is -2.35. The van der Waals surface area contributed by atoms with Gasteiger partial charge in [-0.15, -0.1) is 11.3 Å². The number of halogens is 6. The van der Waals surface area contributed by atoms with Crippen LogP contribution in [0.4, 0.5) is 46.8 Å². The lowest BCUT2D eigenvalue weighted by Crippen LogP contribution is -2.47. The van der Waals surface area contributed by atoms with Crippen LogP contribution < -0.4 is 15.0 Å². The minimum absolute atomic E-state index is 0.0711. The number of ether oxygens (including phenoxy) is 3. The minimum Gasteiger partial charge on any atom is -0.461 e. The van der Waals surface area contributed by atoms with Crippen molar-refractivity contribution in [1.29, 1.82) is 5.26 Å². The fraction of sp³-hybridized carbons (Fsp3) is 0.558. The largest absolute Gasteiger partial charge is 0.461 e. The molecule has 334 valence electrons.